The first-order valence-corrected chi connectivity index (χ1v) is 15.0. The van der Waals surface area contributed by atoms with Crippen LogP contribution in [0.3, 0.4) is 0 Å². The van der Waals surface area contributed by atoms with Crippen molar-refractivity contribution in [3.8, 4) is 11.5 Å². The van der Waals surface area contributed by atoms with Gasteiger partial charge in [-0.15, -0.1) is 0 Å². The molecular weight excluding hydrogens is 552 g/mol. The Balaban J connectivity index is 1.58. The molecule has 5 rings (SSSR count). The number of aliphatic hydroxyl groups excluding tert-OH is 2. The van der Waals surface area contributed by atoms with Crippen LogP contribution < -0.4 is 10.5 Å². The number of nitrogens with two attached hydrogens (primary N) is 1. The van der Waals surface area contributed by atoms with Gasteiger partial charge in [0, 0.05) is 47.7 Å². The van der Waals surface area contributed by atoms with Gasteiger partial charge in [0.2, 0.25) is 5.78 Å². The standard InChI is InChI=1S/C33H44N2O8/c1-31(2,3)15-32(4,5)35(13-16-7-8-16)14-18-11-21(36)24-20(27(18)43-6)10-17-9-19-12-22(37)25(30(34)41)29(40)33(19,42)28(39)23(17)26(24)38/h11,16-17,19,36,38,40,42H,7-10,12-15H2,1-6H3,(H2,34,41)/t17?,19-,33-/m0/s1. The van der Waals surface area contributed by atoms with E-state index in [-0.39, 0.29) is 47.1 Å². The summed E-state index contributed by atoms with van der Waals surface area (Å²) >= 11 is 0. The summed E-state index contributed by atoms with van der Waals surface area (Å²) in [6, 6.07) is 1.56. The molecule has 2 saturated carbocycles. The third kappa shape index (κ3) is 5.22. The minimum atomic E-state index is -2.59. The number of amides is 1. The maximum absolute atomic E-state index is 13.8. The minimum Gasteiger partial charge on any atom is -0.508 e. The van der Waals surface area contributed by atoms with Gasteiger partial charge in [-0.3, -0.25) is 19.3 Å². The van der Waals surface area contributed by atoms with Crippen molar-refractivity contribution in [3.63, 3.8) is 0 Å². The van der Waals surface area contributed by atoms with Gasteiger partial charge in [0.1, 0.15) is 28.6 Å². The molecule has 1 aromatic carbocycles. The summed E-state index contributed by atoms with van der Waals surface area (Å²) in [6.07, 6.45) is 3.24. The number of rotatable bonds is 8. The largest absolute Gasteiger partial charge is 0.508 e. The van der Waals surface area contributed by atoms with E-state index >= 15 is 0 Å². The average Bonchev–Trinajstić information content (AvgIpc) is 3.68. The maximum Gasteiger partial charge on any atom is 0.255 e. The number of aliphatic hydroxyl groups is 3. The second-order valence-corrected chi connectivity index (χ2v) is 14.7. The topological polar surface area (TPSA) is 171 Å². The van der Waals surface area contributed by atoms with Crippen molar-refractivity contribution < 1.29 is 39.5 Å². The Morgan fingerprint density at radius 1 is 1.12 bits per heavy atom. The number of aromatic hydroxyl groups is 1. The van der Waals surface area contributed by atoms with Crippen molar-refractivity contribution in [1.29, 1.82) is 0 Å². The number of ketones is 2. The summed E-state index contributed by atoms with van der Waals surface area (Å²) in [6.45, 7) is 12.6. The summed E-state index contributed by atoms with van der Waals surface area (Å²) in [4.78, 5) is 40.8. The average molecular weight is 597 g/mol. The highest BCUT2D eigenvalue weighted by atomic mass is 16.5. The Kier molecular flexibility index (Phi) is 7.49. The molecule has 2 fully saturated rings. The number of phenolic OH excluding ortho intramolecular Hbond substituents is 1. The fourth-order valence-electron chi connectivity index (χ4n) is 7.86. The molecule has 4 aliphatic carbocycles. The molecule has 10 heteroatoms. The lowest BCUT2D eigenvalue weighted by Crippen LogP contribution is -2.58. The highest BCUT2D eigenvalue weighted by Crippen LogP contribution is 2.54. The summed E-state index contributed by atoms with van der Waals surface area (Å²) in [5.41, 5.74) is 3.00. The van der Waals surface area contributed by atoms with Crippen LogP contribution in [0.15, 0.2) is 23.0 Å². The Morgan fingerprint density at radius 3 is 2.33 bits per heavy atom. The molecule has 0 spiro atoms. The van der Waals surface area contributed by atoms with Crippen molar-refractivity contribution in [3.05, 3.63) is 39.7 Å². The van der Waals surface area contributed by atoms with E-state index in [1.165, 1.54) is 20.0 Å². The highest BCUT2D eigenvalue weighted by molar-refractivity contribution is 6.22. The predicted octanol–water partition coefficient (Wildman–Crippen LogP) is 3.86. The molecule has 0 saturated heterocycles. The molecule has 4 aliphatic rings. The van der Waals surface area contributed by atoms with Crippen LogP contribution in [0.1, 0.15) is 83.4 Å². The molecule has 10 nitrogen and oxygen atoms in total. The number of carbonyl (C=O) groups excluding carboxylic acids is 3. The van der Waals surface area contributed by atoms with E-state index in [1.54, 1.807) is 6.07 Å². The lowest BCUT2D eigenvalue weighted by Gasteiger charge is -2.46. The number of phenols is 1. The van der Waals surface area contributed by atoms with Gasteiger partial charge in [-0.25, -0.2) is 0 Å². The van der Waals surface area contributed by atoms with Crippen LogP contribution in [-0.4, -0.2) is 67.6 Å². The Bertz CT molecular complexity index is 1460. The monoisotopic (exact) mass is 596 g/mol. The summed E-state index contributed by atoms with van der Waals surface area (Å²) in [5, 5.41) is 45.0. The first kappa shape index (κ1) is 31.1. The van der Waals surface area contributed by atoms with Crippen LogP contribution in [0, 0.1) is 23.2 Å². The Hall–Kier alpha value is -3.37. The number of methoxy groups -OCH3 is 1. The molecule has 1 aromatic rings. The van der Waals surface area contributed by atoms with Gasteiger partial charge in [-0.1, -0.05) is 20.8 Å². The van der Waals surface area contributed by atoms with E-state index in [0.717, 1.165) is 18.5 Å². The number of fused-ring (bicyclic) bond motifs is 3. The number of ether oxygens (including phenoxy) is 1. The summed E-state index contributed by atoms with van der Waals surface area (Å²) < 4.78 is 5.93. The number of carbonyl (C=O) groups is 3. The quantitative estimate of drug-likeness (QED) is 0.280. The highest BCUT2D eigenvalue weighted by Gasteiger charge is 2.60. The van der Waals surface area contributed by atoms with Crippen molar-refractivity contribution in [1.82, 2.24) is 4.90 Å². The molecule has 3 atom stereocenters. The van der Waals surface area contributed by atoms with Crippen LogP contribution >= 0.6 is 0 Å². The molecule has 0 aromatic heterocycles. The molecule has 43 heavy (non-hydrogen) atoms. The van der Waals surface area contributed by atoms with Crippen molar-refractivity contribution in [2.24, 2.45) is 28.9 Å². The normalized spacial score (nSPS) is 26.0. The second-order valence-electron chi connectivity index (χ2n) is 14.7. The molecule has 0 bridgehead atoms. The van der Waals surface area contributed by atoms with E-state index < -0.39 is 52.0 Å². The first-order chi connectivity index (χ1) is 19.9. The van der Waals surface area contributed by atoms with Gasteiger partial charge in [-0.05, 0) is 69.3 Å². The van der Waals surface area contributed by atoms with Crippen molar-refractivity contribution >= 4 is 23.2 Å². The van der Waals surface area contributed by atoms with Crippen LogP contribution in [-0.2, 0) is 27.3 Å². The fraction of sp³-hybridized carbons (Fsp3) is 0.606. The van der Waals surface area contributed by atoms with Gasteiger partial charge in [0.25, 0.3) is 5.91 Å². The fourth-order valence-corrected chi connectivity index (χ4v) is 7.86. The van der Waals surface area contributed by atoms with Gasteiger partial charge >= 0.3 is 0 Å². The summed E-state index contributed by atoms with van der Waals surface area (Å²) in [7, 11) is 1.54. The molecule has 0 heterocycles. The number of hydrogen-bond acceptors (Lipinski definition) is 9. The van der Waals surface area contributed by atoms with Gasteiger partial charge in [0.15, 0.2) is 11.4 Å². The number of hydrogen-bond donors (Lipinski definition) is 5. The minimum absolute atomic E-state index is 0.0374. The summed E-state index contributed by atoms with van der Waals surface area (Å²) in [5.74, 6) is -5.33. The van der Waals surface area contributed by atoms with Crippen LogP contribution in [0.5, 0.6) is 11.5 Å². The van der Waals surface area contributed by atoms with Crippen molar-refractivity contribution in [2.45, 2.75) is 90.8 Å². The van der Waals surface area contributed by atoms with Gasteiger partial charge < -0.3 is 30.9 Å². The molecule has 1 unspecified atom stereocenters. The predicted molar refractivity (Wildman–Crippen MR) is 159 cm³/mol. The van der Waals surface area contributed by atoms with Crippen molar-refractivity contribution in [2.75, 3.05) is 13.7 Å². The van der Waals surface area contributed by atoms with Crippen LogP contribution in [0.4, 0.5) is 0 Å². The van der Waals surface area contributed by atoms with Gasteiger partial charge in [-0.2, -0.15) is 0 Å². The number of Topliss-reactive ketones (excluding diaryl/α,β-unsaturated/α-hetero) is 2. The zero-order valence-electron chi connectivity index (χ0n) is 25.9. The Labute approximate surface area is 252 Å². The molecular formula is C33H44N2O8. The van der Waals surface area contributed by atoms with E-state index in [0.29, 0.717) is 23.8 Å². The molecule has 0 radical (unpaired) electrons. The zero-order chi connectivity index (χ0) is 31.8. The molecule has 6 N–H and O–H groups in total. The molecule has 1 amide bonds. The molecule has 0 aliphatic heterocycles. The maximum atomic E-state index is 13.8. The Morgan fingerprint density at radius 2 is 1.77 bits per heavy atom. The number of nitrogens with zero attached hydrogens (tertiary/aromatic N) is 1. The number of benzene rings is 1. The molecule has 234 valence electrons. The van der Waals surface area contributed by atoms with Gasteiger partial charge in [0.05, 0.1) is 12.7 Å². The van der Waals surface area contributed by atoms with Crippen LogP contribution in [0.2, 0.25) is 0 Å². The third-order valence-corrected chi connectivity index (χ3v) is 9.65. The first-order valence-electron chi connectivity index (χ1n) is 15.0. The smallest absolute Gasteiger partial charge is 0.255 e. The zero-order valence-corrected chi connectivity index (χ0v) is 25.9. The van der Waals surface area contributed by atoms with E-state index in [2.05, 4.69) is 39.5 Å². The van der Waals surface area contributed by atoms with E-state index in [1.807, 2.05) is 0 Å². The third-order valence-electron chi connectivity index (χ3n) is 9.65. The SMILES string of the molecule is COc1c(CN(CC2CC2)C(C)(C)CC(C)(C)C)cc(O)c2c1CC1C[C@H]3CC(=O)C(C(N)=O)=C(O)[C@@]3(O)C(=O)C1=C2O. The lowest BCUT2D eigenvalue weighted by molar-refractivity contribution is -0.147. The lowest BCUT2D eigenvalue weighted by atomic mass is 9.59. The second kappa shape index (κ2) is 10.4. The van der Waals surface area contributed by atoms with E-state index in [9.17, 15) is 34.8 Å². The number of primary amides is 1. The van der Waals surface area contributed by atoms with E-state index in [4.69, 9.17) is 10.5 Å². The van der Waals surface area contributed by atoms with Crippen LogP contribution in [0.25, 0.3) is 5.76 Å².